The Labute approximate surface area is 178 Å². The number of aromatic nitrogens is 3. The Morgan fingerprint density at radius 1 is 1.23 bits per heavy atom. The van der Waals surface area contributed by atoms with Gasteiger partial charge in [-0.2, -0.15) is 0 Å². The lowest BCUT2D eigenvalue weighted by molar-refractivity contribution is 0.0676. The molecule has 0 bridgehead atoms. The summed E-state index contributed by atoms with van der Waals surface area (Å²) in [6, 6.07) is 6.30. The van der Waals surface area contributed by atoms with E-state index in [2.05, 4.69) is 55.5 Å². The van der Waals surface area contributed by atoms with Gasteiger partial charge in [0.05, 0.1) is 12.6 Å². The smallest absolute Gasteiger partial charge is 0.191 e. The molecule has 0 aliphatic carbocycles. The molecule has 3 heterocycles. The Kier molecular flexibility index (Phi) is 6.84. The SMILES string of the molecule is CN=C(NCc1ccc(C)cc1OCC1CCCO1)NCc1nnc2n1CCCC2. The minimum absolute atomic E-state index is 0.204. The predicted molar refractivity (Wildman–Crippen MR) is 116 cm³/mol. The van der Waals surface area contributed by atoms with Crippen molar-refractivity contribution in [1.82, 2.24) is 25.4 Å². The minimum Gasteiger partial charge on any atom is -0.491 e. The molecule has 1 atom stereocenters. The summed E-state index contributed by atoms with van der Waals surface area (Å²) in [5.74, 6) is 3.69. The Hall–Kier alpha value is -2.61. The molecule has 2 aromatic rings. The van der Waals surface area contributed by atoms with E-state index in [1.54, 1.807) is 7.05 Å². The van der Waals surface area contributed by atoms with Crippen LogP contribution >= 0.6 is 0 Å². The topological polar surface area (TPSA) is 85.6 Å². The standard InChI is InChI=1S/C22H32N6O2/c1-16-8-9-17(19(12-16)30-15-18-6-5-11-29-18)13-24-22(23-2)25-14-21-27-26-20-7-3-4-10-28(20)21/h8-9,12,18H,3-7,10-11,13-15H2,1-2H3,(H2,23,24,25). The summed E-state index contributed by atoms with van der Waals surface area (Å²) in [5, 5.41) is 15.4. The van der Waals surface area contributed by atoms with Gasteiger partial charge in [-0.3, -0.25) is 4.99 Å². The molecule has 1 fully saturated rings. The van der Waals surface area contributed by atoms with Gasteiger partial charge < -0.3 is 24.7 Å². The molecule has 1 aromatic heterocycles. The molecule has 2 N–H and O–H groups in total. The fourth-order valence-electron chi connectivity index (χ4n) is 3.96. The predicted octanol–water partition coefficient (Wildman–Crippen LogP) is 2.35. The highest BCUT2D eigenvalue weighted by Crippen LogP contribution is 2.22. The summed E-state index contributed by atoms with van der Waals surface area (Å²) >= 11 is 0. The number of rotatable bonds is 7. The van der Waals surface area contributed by atoms with Crippen molar-refractivity contribution < 1.29 is 9.47 Å². The Balaban J connectivity index is 1.33. The van der Waals surface area contributed by atoms with Gasteiger partial charge in [-0.05, 0) is 44.2 Å². The van der Waals surface area contributed by atoms with E-state index < -0.39 is 0 Å². The highest BCUT2D eigenvalue weighted by molar-refractivity contribution is 5.79. The first kappa shape index (κ1) is 20.7. The van der Waals surface area contributed by atoms with Crippen LogP contribution in [0.4, 0.5) is 0 Å². The van der Waals surface area contributed by atoms with E-state index in [9.17, 15) is 0 Å². The van der Waals surface area contributed by atoms with Gasteiger partial charge in [-0.15, -0.1) is 10.2 Å². The van der Waals surface area contributed by atoms with Gasteiger partial charge in [0, 0.05) is 38.7 Å². The molecular formula is C22H32N6O2. The Morgan fingerprint density at radius 3 is 2.97 bits per heavy atom. The molecule has 8 heteroatoms. The van der Waals surface area contributed by atoms with Crippen molar-refractivity contribution in [2.75, 3.05) is 20.3 Å². The number of ether oxygens (including phenoxy) is 2. The van der Waals surface area contributed by atoms with Crippen molar-refractivity contribution in [1.29, 1.82) is 0 Å². The number of hydrogen-bond acceptors (Lipinski definition) is 5. The molecule has 4 rings (SSSR count). The van der Waals surface area contributed by atoms with Crippen LogP contribution in [0.25, 0.3) is 0 Å². The van der Waals surface area contributed by atoms with Crippen molar-refractivity contribution >= 4 is 5.96 Å². The number of benzene rings is 1. The van der Waals surface area contributed by atoms with Crippen molar-refractivity contribution in [2.45, 2.75) is 64.8 Å². The van der Waals surface area contributed by atoms with E-state index in [0.29, 0.717) is 19.7 Å². The molecule has 1 aromatic carbocycles. The van der Waals surface area contributed by atoms with Crippen LogP contribution in [-0.4, -0.2) is 47.1 Å². The minimum atomic E-state index is 0.204. The number of aryl methyl sites for hydroxylation is 2. The van der Waals surface area contributed by atoms with Crippen LogP contribution in [0, 0.1) is 6.92 Å². The second-order valence-electron chi connectivity index (χ2n) is 7.98. The van der Waals surface area contributed by atoms with Gasteiger partial charge in [0.2, 0.25) is 0 Å². The fraction of sp³-hybridized carbons (Fsp3) is 0.591. The normalized spacial score (nSPS) is 18.9. The van der Waals surface area contributed by atoms with E-state index in [1.807, 2.05) is 0 Å². The first-order valence-electron chi connectivity index (χ1n) is 10.9. The average molecular weight is 413 g/mol. The number of nitrogens with zero attached hydrogens (tertiary/aromatic N) is 4. The first-order valence-corrected chi connectivity index (χ1v) is 10.9. The van der Waals surface area contributed by atoms with E-state index in [0.717, 1.165) is 61.3 Å². The van der Waals surface area contributed by atoms with Crippen molar-refractivity contribution in [3.8, 4) is 5.75 Å². The van der Waals surface area contributed by atoms with Crippen molar-refractivity contribution in [3.63, 3.8) is 0 Å². The zero-order valence-corrected chi connectivity index (χ0v) is 18.0. The molecule has 8 nitrogen and oxygen atoms in total. The molecule has 30 heavy (non-hydrogen) atoms. The number of hydrogen-bond donors (Lipinski definition) is 2. The quantitative estimate of drug-likeness (QED) is 0.536. The summed E-state index contributed by atoms with van der Waals surface area (Å²) in [4.78, 5) is 4.35. The molecule has 0 saturated carbocycles. The van der Waals surface area contributed by atoms with Crippen LogP contribution in [0.15, 0.2) is 23.2 Å². The lowest BCUT2D eigenvalue weighted by Crippen LogP contribution is -2.37. The Morgan fingerprint density at radius 2 is 2.13 bits per heavy atom. The van der Waals surface area contributed by atoms with Crippen LogP contribution < -0.4 is 15.4 Å². The summed E-state index contributed by atoms with van der Waals surface area (Å²) in [6.45, 7) is 5.74. The second-order valence-corrected chi connectivity index (χ2v) is 7.98. The first-order chi connectivity index (χ1) is 14.7. The molecule has 2 aliphatic rings. The molecule has 0 spiro atoms. The van der Waals surface area contributed by atoms with E-state index in [-0.39, 0.29) is 6.10 Å². The van der Waals surface area contributed by atoms with Gasteiger partial charge in [0.15, 0.2) is 11.8 Å². The second kappa shape index (κ2) is 9.93. The highest BCUT2D eigenvalue weighted by atomic mass is 16.5. The average Bonchev–Trinajstić information content (AvgIpc) is 3.43. The van der Waals surface area contributed by atoms with Crippen molar-refractivity contribution in [2.24, 2.45) is 4.99 Å². The van der Waals surface area contributed by atoms with Crippen LogP contribution in [0.3, 0.4) is 0 Å². The Bertz CT molecular complexity index is 873. The largest absolute Gasteiger partial charge is 0.491 e. The van der Waals surface area contributed by atoms with Crippen molar-refractivity contribution in [3.05, 3.63) is 41.0 Å². The van der Waals surface area contributed by atoms with Crippen LogP contribution in [0.5, 0.6) is 5.75 Å². The molecular weight excluding hydrogens is 380 g/mol. The maximum Gasteiger partial charge on any atom is 0.191 e. The van der Waals surface area contributed by atoms with Gasteiger partial charge in [-0.25, -0.2) is 0 Å². The summed E-state index contributed by atoms with van der Waals surface area (Å²) in [5.41, 5.74) is 2.28. The lowest BCUT2D eigenvalue weighted by atomic mass is 10.1. The number of guanidine groups is 1. The van der Waals surface area contributed by atoms with Crippen LogP contribution in [0.2, 0.25) is 0 Å². The number of fused-ring (bicyclic) bond motifs is 1. The fourth-order valence-corrected chi connectivity index (χ4v) is 3.96. The number of nitrogens with one attached hydrogen (secondary N) is 2. The molecule has 0 radical (unpaired) electrons. The molecule has 1 unspecified atom stereocenters. The zero-order chi connectivity index (χ0) is 20.8. The maximum atomic E-state index is 6.10. The van der Waals surface area contributed by atoms with Crippen LogP contribution in [-0.2, 0) is 30.8 Å². The molecule has 0 amide bonds. The summed E-state index contributed by atoms with van der Waals surface area (Å²) in [7, 11) is 1.78. The maximum absolute atomic E-state index is 6.10. The third-order valence-electron chi connectivity index (χ3n) is 5.69. The van der Waals surface area contributed by atoms with Gasteiger partial charge in [0.25, 0.3) is 0 Å². The molecule has 1 saturated heterocycles. The number of aliphatic imine (C=N–C) groups is 1. The lowest BCUT2D eigenvalue weighted by Gasteiger charge is -2.18. The highest BCUT2D eigenvalue weighted by Gasteiger charge is 2.18. The summed E-state index contributed by atoms with van der Waals surface area (Å²) in [6.07, 6.45) is 5.79. The zero-order valence-electron chi connectivity index (χ0n) is 18.0. The van der Waals surface area contributed by atoms with Gasteiger partial charge in [0.1, 0.15) is 18.2 Å². The third kappa shape index (κ3) is 5.11. The van der Waals surface area contributed by atoms with Crippen LogP contribution in [0.1, 0.15) is 48.5 Å². The monoisotopic (exact) mass is 412 g/mol. The van der Waals surface area contributed by atoms with E-state index >= 15 is 0 Å². The summed E-state index contributed by atoms with van der Waals surface area (Å²) < 4.78 is 14.0. The van der Waals surface area contributed by atoms with E-state index in [4.69, 9.17) is 9.47 Å². The van der Waals surface area contributed by atoms with Gasteiger partial charge in [-0.1, -0.05) is 12.1 Å². The van der Waals surface area contributed by atoms with Gasteiger partial charge >= 0.3 is 0 Å². The third-order valence-corrected chi connectivity index (χ3v) is 5.69. The van der Waals surface area contributed by atoms with E-state index in [1.165, 1.54) is 18.4 Å². The molecule has 2 aliphatic heterocycles. The molecule has 162 valence electrons.